The van der Waals surface area contributed by atoms with Crippen LogP contribution in [0.2, 0.25) is 0 Å². The number of hydrogen-bond acceptors (Lipinski definition) is 3. The van der Waals surface area contributed by atoms with Crippen molar-refractivity contribution in [2.45, 2.75) is 91.7 Å². The van der Waals surface area contributed by atoms with E-state index in [1.54, 1.807) is 12.1 Å². The van der Waals surface area contributed by atoms with Crippen molar-refractivity contribution in [1.29, 1.82) is 0 Å². The van der Waals surface area contributed by atoms with Gasteiger partial charge in [0.1, 0.15) is 5.75 Å². The zero-order valence-corrected chi connectivity index (χ0v) is 20.4. The molecule has 0 fully saturated rings. The van der Waals surface area contributed by atoms with Crippen LogP contribution in [-0.2, 0) is 11.2 Å². The highest BCUT2D eigenvalue weighted by molar-refractivity contribution is 7.81. The molecule has 4 heteroatoms. The number of phenols is 1. The number of carboxylic acids is 1. The Morgan fingerprint density at radius 3 is 1.93 bits per heavy atom. The molecule has 29 heavy (non-hydrogen) atoms. The predicted octanol–water partition coefficient (Wildman–Crippen LogP) is 6.98. The molecule has 0 saturated carbocycles. The minimum Gasteiger partial charge on any atom is -0.508 e. The van der Waals surface area contributed by atoms with E-state index in [0.29, 0.717) is 18.3 Å². The van der Waals surface area contributed by atoms with Gasteiger partial charge in [0.25, 0.3) is 0 Å². The molecule has 3 unspecified atom stereocenters. The zero-order valence-electron chi connectivity index (χ0n) is 19.5. The molecule has 0 radical (unpaired) electrons. The smallest absolute Gasteiger partial charge is 0.304 e. The zero-order chi connectivity index (χ0) is 22.5. The fourth-order valence-corrected chi connectivity index (χ4v) is 4.82. The third kappa shape index (κ3) is 9.02. The Kier molecular flexibility index (Phi) is 9.13. The second-order valence-electron chi connectivity index (χ2n) is 11.0. The van der Waals surface area contributed by atoms with Crippen LogP contribution in [0.25, 0.3) is 0 Å². The Morgan fingerprint density at radius 1 is 1.00 bits per heavy atom. The molecule has 0 aliphatic rings. The quantitative estimate of drug-likeness (QED) is 0.356. The van der Waals surface area contributed by atoms with E-state index in [2.05, 4.69) is 48.5 Å². The Hall–Kier alpha value is -1.16. The van der Waals surface area contributed by atoms with E-state index in [1.807, 2.05) is 12.1 Å². The van der Waals surface area contributed by atoms with E-state index < -0.39 is 10.7 Å². The number of carboxylic acid groups (broad SMARTS) is 1. The molecule has 3 atom stereocenters. The van der Waals surface area contributed by atoms with Crippen LogP contribution in [0.5, 0.6) is 5.75 Å². The normalized spacial score (nSPS) is 16.8. The van der Waals surface area contributed by atoms with E-state index in [-0.39, 0.29) is 23.0 Å². The number of hydrogen-bond donors (Lipinski definition) is 3. The lowest BCUT2D eigenvalue weighted by Gasteiger charge is -2.42. The molecule has 1 rings (SSSR count). The lowest BCUT2D eigenvalue weighted by molar-refractivity contribution is -0.137. The van der Waals surface area contributed by atoms with Gasteiger partial charge in [-0.2, -0.15) is 12.6 Å². The van der Waals surface area contributed by atoms with Crippen LogP contribution in [-0.4, -0.2) is 20.9 Å². The molecule has 1 aromatic rings. The van der Waals surface area contributed by atoms with E-state index in [4.69, 9.17) is 12.6 Å². The van der Waals surface area contributed by atoms with Crippen LogP contribution in [0.1, 0.15) is 86.1 Å². The van der Waals surface area contributed by atoms with Gasteiger partial charge in [-0.3, -0.25) is 4.79 Å². The number of thiol groups is 1. The van der Waals surface area contributed by atoms with E-state index in [0.717, 1.165) is 24.8 Å². The van der Waals surface area contributed by atoms with Crippen molar-refractivity contribution < 1.29 is 15.0 Å². The Bertz CT molecular complexity index is 640. The van der Waals surface area contributed by atoms with Crippen molar-refractivity contribution in [2.75, 3.05) is 0 Å². The molecule has 0 aromatic heterocycles. The van der Waals surface area contributed by atoms with Gasteiger partial charge in [-0.15, -0.1) is 0 Å². The molecule has 0 spiro atoms. The highest BCUT2D eigenvalue weighted by Gasteiger charge is 2.39. The Labute approximate surface area is 183 Å². The molecule has 0 aliphatic carbocycles. The van der Waals surface area contributed by atoms with Gasteiger partial charge >= 0.3 is 5.97 Å². The summed E-state index contributed by atoms with van der Waals surface area (Å²) in [5.74, 6) is 0.365. The van der Waals surface area contributed by atoms with Gasteiger partial charge in [0.15, 0.2) is 0 Å². The fraction of sp³-hybridized carbons (Fsp3) is 0.720. The Balaban J connectivity index is 3.17. The standard InChI is InChI=1S/C25H42O3S/c1-8-9-19(23(2,3)4)14-20(24(5,6)7)16-25(29,17-22(27)28)15-18-10-12-21(26)13-11-18/h10-13,19-20,26,29H,8-9,14-17H2,1-7H3,(H,27,28). The van der Waals surface area contributed by atoms with Gasteiger partial charge in [-0.1, -0.05) is 73.4 Å². The van der Waals surface area contributed by atoms with E-state index >= 15 is 0 Å². The summed E-state index contributed by atoms with van der Waals surface area (Å²) >= 11 is 4.97. The average Bonchev–Trinajstić information content (AvgIpc) is 2.53. The molecular weight excluding hydrogens is 380 g/mol. The summed E-state index contributed by atoms with van der Waals surface area (Å²) in [7, 11) is 0. The van der Waals surface area contributed by atoms with Gasteiger partial charge < -0.3 is 10.2 Å². The number of carbonyl (C=O) groups is 1. The van der Waals surface area contributed by atoms with E-state index in [9.17, 15) is 15.0 Å². The van der Waals surface area contributed by atoms with Gasteiger partial charge in [0, 0.05) is 4.75 Å². The molecule has 0 heterocycles. The molecular formula is C25H42O3S. The maximum absolute atomic E-state index is 11.7. The van der Waals surface area contributed by atoms with Crippen molar-refractivity contribution in [3.63, 3.8) is 0 Å². The van der Waals surface area contributed by atoms with E-state index in [1.165, 1.54) is 6.42 Å². The minimum atomic E-state index is -0.813. The molecule has 0 aliphatic heterocycles. The predicted molar refractivity (Wildman–Crippen MR) is 126 cm³/mol. The third-order valence-corrected chi connectivity index (χ3v) is 6.73. The van der Waals surface area contributed by atoms with Crippen molar-refractivity contribution in [3.05, 3.63) is 29.8 Å². The second-order valence-corrected chi connectivity index (χ2v) is 11.9. The topological polar surface area (TPSA) is 57.5 Å². The van der Waals surface area contributed by atoms with Crippen LogP contribution in [0.4, 0.5) is 0 Å². The summed E-state index contributed by atoms with van der Waals surface area (Å²) in [5.41, 5.74) is 1.30. The SMILES string of the molecule is CCCC(CC(CC(S)(CC(=O)O)Cc1ccc(O)cc1)C(C)(C)C)C(C)(C)C. The maximum atomic E-state index is 11.7. The molecule has 0 amide bonds. The first-order valence-corrected chi connectivity index (χ1v) is 11.3. The summed E-state index contributed by atoms with van der Waals surface area (Å²) in [6, 6.07) is 7.04. The molecule has 166 valence electrons. The average molecular weight is 423 g/mol. The monoisotopic (exact) mass is 422 g/mol. The van der Waals surface area contributed by atoms with Crippen molar-refractivity contribution in [2.24, 2.45) is 22.7 Å². The van der Waals surface area contributed by atoms with Gasteiger partial charge in [0.2, 0.25) is 0 Å². The van der Waals surface area contributed by atoms with Crippen LogP contribution >= 0.6 is 12.6 Å². The largest absolute Gasteiger partial charge is 0.508 e. The first-order valence-electron chi connectivity index (χ1n) is 10.9. The summed E-state index contributed by atoms with van der Waals surface area (Å²) in [6.45, 7) is 16.0. The van der Waals surface area contributed by atoms with Crippen LogP contribution in [0.3, 0.4) is 0 Å². The second kappa shape index (κ2) is 10.2. The van der Waals surface area contributed by atoms with Gasteiger partial charge in [0.05, 0.1) is 6.42 Å². The molecule has 3 nitrogen and oxygen atoms in total. The number of aromatic hydroxyl groups is 1. The van der Waals surface area contributed by atoms with Gasteiger partial charge in [-0.05, 0) is 59.6 Å². The fourth-order valence-electron chi connectivity index (χ4n) is 4.28. The number of phenolic OH excluding ortho intramolecular Hbond substituents is 1. The summed E-state index contributed by atoms with van der Waals surface area (Å²) in [5, 5.41) is 19.2. The third-order valence-electron chi connectivity index (χ3n) is 6.23. The lowest BCUT2D eigenvalue weighted by Crippen LogP contribution is -2.37. The Morgan fingerprint density at radius 2 is 1.52 bits per heavy atom. The van der Waals surface area contributed by atoms with Crippen molar-refractivity contribution in [3.8, 4) is 5.75 Å². The number of rotatable bonds is 10. The maximum Gasteiger partial charge on any atom is 0.304 e. The van der Waals surface area contributed by atoms with Gasteiger partial charge in [-0.25, -0.2) is 0 Å². The number of aliphatic carboxylic acids is 1. The molecule has 0 saturated heterocycles. The highest BCUT2D eigenvalue weighted by atomic mass is 32.1. The van der Waals surface area contributed by atoms with Crippen molar-refractivity contribution in [1.82, 2.24) is 0 Å². The summed E-state index contributed by atoms with van der Waals surface area (Å²) in [6.07, 6.45) is 4.78. The lowest BCUT2D eigenvalue weighted by atomic mass is 9.65. The molecule has 0 bridgehead atoms. The van der Waals surface area contributed by atoms with Crippen LogP contribution in [0, 0.1) is 22.7 Å². The highest BCUT2D eigenvalue weighted by Crippen LogP contribution is 2.45. The number of benzene rings is 1. The van der Waals surface area contributed by atoms with Crippen LogP contribution in [0.15, 0.2) is 24.3 Å². The van der Waals surface area contributed by atoms with Crippen LogP contribution < -0.4 is 0 Å². The summed E-state index contributed by atoms with van der Waals surface area (Å²) < 4.78 is -0.630. The minimum absolute atomic E-state index is 0.0253. The first kappa shape index (κ1) is 25.9. The molecule has 1 aromatic carbocycles. The first-order chi connectivity index (χ1) is 13.2. The summed E-state index contributed by atoms with van der Waals surface area (Å²) in [4.78, 5) is 11.7. The molecule has 2 N–H and O–H groups in total. The van der Waals surface area contributed by atoms with Crippen molar-refractivity contribution >= 4 is 18.6 Å².